The van der Waals surface area contributed by atoms with Gasteiger partial charge in [-0.1, -0.05) is 42.5 Å². The predicted molar refractivity (Wildman–Crippen MR) is 87.7 cm³/mol. The number of sulfonamides is 1. The molecule has 2 aliphatic rings. The first kappa shape index (κ1) is 13.9. The summed E-state index contributed by atoms with van der Waals surface area (Å²) < 4.78 is 27.4. The molecule has 0 bridgehead atoms. The van der Waals surface area contributed by atoms with E-state index in [2.05, 4.69) is 9.71 Å². The van der Waals surface area contributed by atoms with Crippen molar-refractivity contribution in [1.29, 1.82) is 0 Å². The van der Waals surface area contributed by atoms with Crippen LogP contribution >= 0.6 is 0 Å². The normalized spacial score (nSPS) is 19.7. The van der Waals surface area contributed by atoms with Gasteiger partial charge in [0.15, 0.2) is 0 Å². The molecular weight excluding hydrogens is 312 g/mol. The van der Waals surface area contributed by atoms with Crippen LogP contribution in [0.1, 0.15) is 21.5 Å². The highest BCUT2D eigenvalue weighted by Gasteiger charge is 2.41. The van der Waals surface area contributed by atoms with Crippen LogP contribution in [-0.2, 0) is 10.0 Å². The fraction of sp³-hybridized carbons (Fsp3) is 0.0588. The molecule has 0 saturated heterocycles. The van der Waals surface area contributed by atoms with Crippen LogP contribution in [0, 0.1) is 0 Å². The number of rotatable bonds is 1. The summed E-state index contributed by atoms with van der Waals surface area (Å²) in [5.74, 6) is -0.258. The molecule has 0 spiro atoms. The molecule has 0 fully saturated rings. The number of carbonyl (C=O) groups is 1. The SMILES string of the molecule is CN=C1C(=O)c2cccc3c2C(=C1c1ccccc1)NS3(=O)=O. The van der Waals surface area contributed by atoms with Gasteiger partial charge in [-0.05, 0) is 11.6 Å². The molecule has 0 atom stereocenters. The number of nitrogens with one attached hydrogen (secondary N) is 1. The number of allylic oxidation sites excluding steroid dienone is 1. The Bertz CT molecular complexity index is 1020. The summed E-state index contributed by atoms with van der Waals surface area (Å²) in [5.41, 5.74) is 2.79. The van der Waals surface area contributed by atoms with Gasteiger partial charge in [0.1, 0.15) is 5.71 Å². The molecule has 114 valence electrons. The Morgan fingerprint density at radius 3 is 2.43 bits per heavy atom. The van der Waals surface area contributed by atoms with E-state index in [1.165, 1.54) is 13.1 Å². The number of Topliss-reactive ketones (excluding diaryl/α,β-unsaturated/α-hetero) is 1. The standard InChI is InChI=1S/C17H12N2O3S/c1-18-16-13(10-6-3-2-4-7-10)15-14-11(17(16)20)8-5-9-12(14)23(21,22)19-15/h2-9,19H,1H3. The molecule has 1 aliphatic carbocycles. The second-order valence-electron chi connectivity index (χ2n) is 5.30. The van der Waals surface area contributed by atoms with E-state index in [1.54, 1.807) is 12.1 Å². The molecule has 4 rings (SSSR count). The second-order valence-corrected chi connectivity index (χ2v) is 6.95. The largest absolute Gasteiger partial charge is 0.287 e. The molecule has 0 radical (unpaired) electrons. The van der Waals surface area contributed by atoms with Gasteiger partial charge in [0.2, 0.25) is 5.78 Å². The van der Waals surface area contributed by atoms with Crippen LogP contribution in [0.25, 0.3) is 11.3 Å². The lowest BCUT2D eigenvalue weighted by Crippen LogP contribution is -2.25. The van der Waals surface area contributed by atoms with Crippen LogP contribution < -0.4 is 4.72 Å². The number of carbonyl (C=O) groups excluding carboxylic acids is 1. The van der Waals surface area contributed by atoms with Gasteiger partial charge in [-0.2, -0.15) is 0 Å². The summed E-state index contributed by atoms with van der Waals surface area (Å²) in [7, 11) is -2.12. The molecule has 0 unspecified atom stereocenters. The second kappa shape index (κ2) is 4.63. The lowest BCUT2D eigenvalue weighted by molar-refractivity contribution is 0.106. The Morgan fingerprint density at radius 1 is 1.00 bits per heavy atom. The molecule has 5 nitrogen and oxygen atoms in total. The summed E-state index contributed by atoms with van der Waals surface area (Å²) >= 11 is 0. The minimum atomic E-state index is -3.66. The number of aliphatic imine (C=N–C) groups is 1. The topological polar surface area (TPSA) is 75.6 Å². The van der Waals surface area contributed by atoms with Gasteiger partial charge in [0.05, 0.1) is 10.6 Å². The van der Waals surface area contributed by atoms with E-state index >= 15 is 0 Å². The summed E-state index contributed by atoms with van der Waals surface area (Å²) in [6.07, 6.45) is 0. The van der Waals surface area contributed by atoms with Crippen molar-refractivity contribution in [2.24, 2.45) is 4.99 Å². The zero-order chi connectivity index (χ0) is 16.2. The van der Waals surface area contributed by atoms with Gasteiger partial charge in [-0.15, -0.1) is 0 Å². The smallest absolute Gasteiger partial charge is 0.262 e. The van der Waals surface area contributed by atoms with Crippen molar-refractivity contribution < 1.29 is 13.2 Å². The molecule has 0 saturated carbocycles. The molecule has 2 aromatic rings. The van der Waals surface area contributed by atoms with E-state index in [0.29, 0.717) is 22.4 Å². The number of hydrogen-bond acceptors (Lipinski definition) is 4. The summed E-state index contributed by atoms with van der Waals surface area (Å²) in [4.78, 5) is 17.0. The zero-order valence-electron chi connectivity index (χ0n) is 12.2. The highest BCUT2D eigenvalue weighted by atomic mass is 32.2. The fourth-order valence-electron chi connectivity index (χ4n) is 3.08. The Morgan fingerprint density at radius 2 is 1.74 bits per heavy atom. The first-order chi connectivity index (χ1) is 11.0. The van der Waals surface area contributed by atoms with Crippen molar-refractivity contribution in [3.8, 4) is 0 Å². The molecule has 0 amide bonds. The van der Waals surface area contributed by atoms with Crippen LogP contribution in [0.4, 0.5) is 0 Å². The third-order valence-electron chi connectivity index (χ3n) is 4.03. The van der Waals surface area contributed by atoms with Gasteiger partial charge in [-0.3, -0.25) is 14.5 Å². The van der Waals surface area contributed by atoms with E-state index in [0.717, 1.165) is 5.56 Å². The average molecular weight is 324 g/mol. The molecule has 1 N–H and O–H groups in total. The summed E-state index contributed by atoms with van der Waals surface area (Å²) in [5, 5.41) is 0. The lowest BCUT2D eigenvalue weighted by atomic mass is 9.84. The van der Waals surface area contributed by atoms with Crippen molar-refractivity contribution >= 4 is 32.8 Å². The minimum Gasteiger partial charge on any atom is -0.287 e. The fourth-order valence-corrected chi connectivity index (χ4v) is 4.40. The number of benzene rings is 2. The molecule has 2 aromatic carbocycles. The van der Waals surface area contributed by atoms with Gasteiger partial charge in [-0.25, -0.2) is 8.42 Å². The Labute approximate surface area is 133 Å². The van der Waals surface area contributed by atoms with Crippen molar-refractivity contribution in [1.82, 2.24) is 4.72 Å². The van der Waals surface area contributed by atoms with Gasteiger partial charge < -0.3 is 0 Å². The summed E-state index contributed by atoms with van der Waals surface area (Å²) in [6, 6.07) is 13.9. The molecule has 1 aliphatic heterocycles. The van der Waals surface area contributed by atoms with Crippen molar-refractivity contribution in [3.63, 3.8) is 0 Å². The lowest BCUT2D eigenvalue weighted by Gasteiger charge is -2.20. The monoisotopic (exact) mass is 324 g/mol. The van der Waals surface area contributed by atoms with Crippen LogP contribution in [-0.4, -0.2) is 27.0 Å². The minimum absolute atomic E-state index is 0.141. The van der Waals surface area contributed by atoms with E-state index in [-0.39, 0.29) is 16.4 Å². The molecule has 23 heavy (non-hydrogen) atoms. The highest BCUT2D eigenvalue weighted by Crippen LogP contribution is 2.41. The third-order valence-corrected chi connectivity index (χ3v) is 5.43. The van der Waals surface area contributed by atoms with E-state index in [9.17, 15) is 13.2 Å². The molecule has 6 heteroatoms. The van der Waals surface area contributed by atoms with E-state index in [4.69, 9.17) is 0 Å². The Balaban J connectivity index is 2.17. The molecular formula is C17H12N2O3S. The van der Waals surface area contributed by atoms with Crippen molar-refractivity contribution in [2.75, 3.05) is 7.05 Å². The van der Waals surface area contributed by atoms with Crippen molar-refractivity contribution in [2.45, 2.75) is 4.90 Å². The average Bonchev–Trinajstić information content (AvgIpc) is 2.83. The molecule has 1 heterocycles. The van der Waals surface area contributed by atoms with Crippen LogP contribution in [0.15, 0.2) is 58.4 Å². The maximum atomic E-state index is 12.8. The quantitative estimate of drug-likeness (QED) is 0.873. The predicted octanol–water partition coefficient (Wildman–Crippen LogP) is 2.11. The van der Waals surface area contributed by atoms with Crippen LogP contribution in [0.3, 0.4) is 0 Å². The van der Waals surface area contributed by atoms with Crippen molar-refractivity contribution in [3.05, 3.63) is 65.2 Å². The molecule has 0 aromatic heterocycles. The number of hydrogen-bond donors (Lipinski definition) is 1. The maximum Gasteiger partial charge on any atom is 0.262 e. The maximum absolute atomic E-state index is 12.8. The van der Waals surface area contributed by atoms with Gasteiger partial charge in [0.25, 0.3) is 10.0 Å². The van der Waals surface area contributed by atoms with Gasteiger partial charge in [0, 0.05) is 23.7 Å². The number of ketones is 1. The first-order valence-electron chi connectivity index (χ1n) is 7.02. The third kappa shape index (κ3) is 1.82. The zero-order valence-corrected chi connectivity index (χ0v) is 13.0. The van der Waals surface area contributed by atoms with E-state index < -0.39 is 10.0 Å². The van der Waals surface area contributed by atoms with Gasteiger partial charge >= 0.3 is 0 Å². The highest BCUT2D eigenvalue weighted by molar-refractivity contribution is 7.90. The Hall–Kier alpha value is -2.73. The first-order valence-corrected chi connectivity index (χ1v) is 8.50. The number of nitrogens with zero attached hydrogens (tertiary/aromatic N) is 1. The van der Waals surface area contributed by atoms with Crippen LogP contribution in [0.2, 0.25) is 0 Å². The van der Waals surface area contributed by atoms with Crippen LogP contribution in [0.5, 0.6) is 0 Å². The Kier molecular flexibility index (Phi) is 2.80. The summed E-state index contributed by atoms with van der Waals surface area (Å²) in [6.45, 7) is 0. The van der Waals surface area contributed by atoms with E-state index in [1.807, 2.05) is 30.3 Å².